The van der Waals surface area contributed by atoms with Crippen molar-refractivity contribution < 1.29 is 9.53 Å². The van der Waals surface area contributed by atoms with Gasteiger partial charge in [-0.2, -0.15) is 0 Å². The van der Waals surface area contributed by atoms with Crippen LogP contribution in [0, 0.1) is 0 Å². The molecule has 3 aliphatic heterocycles. The van der Waals surface area contributed by atoms with Crippen LogP contribution in [-0.2, 0) is 4.79 Å². The first-order chi connectivity index (χ1) is 12.3. The predicted molar refractivity (Wildman–Crippen MR) is 105 cm³/mol. The molecule has 4 rings (SSSR count). The van der Waals surface area contributed by atoms with Crippen LogP contribution in [0.15, 0.2) is 24.3 Å². The fraction of sp³-hybridized carbons (Fsp3) is 0.632. The lowest BCUT2D eigenvalue weighted by Crippen LogP contribution is -2.44. The summed E-state index contributed by atoms with van der Waals surface area (Å²) in [5.41, 5.74) is 1.35. The van der Waals surface area contributed by atoms with Crippen LogP contribution in [0.25, 0.3) is 0 Å². The first kappa shape index (κ1) is 17.6. The second-order valence-electron chi connectivity index (χ2n) is 6.96. The van der Waals surface area contributed by atoms with Crippen molar-refractivity contribution in [1.82, 2.24) is 10.2 Å². The van der Waals surface area contributed by atoms with Gasteiger partial charge < -0.3 is 15.0 Å². The summed E-state index contributed by atoms with van der Waals surface area (Å²) < 4.78 is 6.35. The zero-order chi connectivity index (χ0) is 17.1. The Balaban J connectivity index is 1.32. The third-order valence-corrected chi connectivity index (χ3v) is 8.30. The monoisotopic (exact) mass is 378 g/mol. The molecule has 1 N–H and O–H groups in total. The molecule has 2 unspecified atom stereocenters. The molecule has 3 heterocycles. The summed E-state index contributed by atoms with van der Waals surface area (Å²) in [6.45, 7) is 2.09. The van der Waals surface area contributed by atoms with Gasteiger partial charge in [0.1, 0.15) is 5.75 Å². The number of nitrogens with zero attached hydrogens (tertiary/aromatic N) is 1. The molecule has 2 bridgehead atoms. The summed E-state index contributed by atoms with van der Waals surface area (Å²) in [4.78, 5) is 14.8. The highest BCUT2D eigenvalue weighted by molar-refractivity contribution is 8.16. The first-order valence-electron chi connectivity index (χ1n) is 9.29. The van der Waals surface area contributed by atoms with Gasteiger partial charge in [0.25, 0.3) is 5.91 Å². The van der Waals surface area contributed by atoms with Gasteiger partial charge in [0.05, 0.1) is 4.58 Å². The molecule has 25 heavy (non-hydrogen) atoms. The zero-order valence-corrected chi connectivity index (χ0v) is 16.1. The van der Waals surface area contributed by atoms with E-state index in [1.807, 2.05) is 35.7 Å². The summed E-state index contributed by atoms with van der Waals surface area (Å²) in [7, 11) is 0. The summed E-state index contributed by atoms with van der Waals surface area (Å²) >= 11 is 4.05. The number of rotatable bonds is 4. The number of thioether (sulfide) groups is 2. The first-order valence-corrected chi connectivity index (χ1v) is 11.4. The molecule has 0 radical (unpaired) electrons. The number of fused-ring (bicyclic) bond motifs is 2. The Morgan fingerprint density at radius 3 is 2.68 bits per heavy atom. The lowest BCUT2D eigenvalue weighted by atomic mass is 10.1. The maximum atomic E-state index is 12.7. The van der Waals surface area contributed by atoms with Gasteiger partial charge >= 0.3 is 0 Å². The third kappa shape index (κ3) is 4.12. The van der Waals surface area contributed by atoms with Crippen LogP contribution in [-0.4, -0.2) is 54.1 Å². The molecule has 2 atom stereocenters. The number of benzene rings is 1. The van der Waals surface area contributed by atoms with Crippen molar-refractivity contribution in [2.24, 2.45) is 0 Å². The third-order valence-electron chi connectivity index (χ3n) is 5.28. The van der Waals surface area contributed by atoms with Gasteiger partial charge in [0.15, 0.2) is 6.61 Å². The number of ether oxygens (including phenoxy) is 1. The molecule has 0 spiro atoms. The van der Waals surface area contributed by atoms with Gasteiger partial charge in [0.2, 0.25) is 0 Å². The van der Waals surface area contributed by atoms with Crippen molar-refractivity contribution in [3.05, 3.63) is 29.8 Å². The van der Waals surface area contributed by atoms with Crippen LogP contribution in [0.5, 0.6) is 5.75 Å². The van der Waals surface area contributed by atoms with Gasteiger partial charge in [-0.3, -0.25) is 4.79 Å². The van der Waals surface area contributed by atoms with E-state index in [0.717, 1.165) is 38.1 Å². The average Bonchev–Trinajstić information content (AvgIpc) is 2.93. The van der Waals surface area contributed by atoms with Crippen LogP contribution in [0.4, 0.5) is 0 Å². The van der Waals surface area contributed by atoms with Crippen molar-refractivity contribution in [2.45, 2.75) is 42.3 Å². The highest BCUT2D eigenvalue weighted by atomic mass is 32.2. The fourth-order valence-electron chi connectivity index (χ4n) is 4.01. The maximum Gasteiger partial charge on any atom is 0.261 e. The molecular formula is C19H26N2O2S2. The number of carbonyl (C=O) groups excluding carboxylic acids is 1. The predicted octanol–water partition coefficient (Wildman–Crippen LogP) is 3.29. The van der Waals surface area contributed by atoms with E-state index in [4.69, 9.17) is 4.74 Å². The van der Waals surface area contributed by atoms with Crippen molar-refractivity contribution in [3.63, 3.8) is 0 Å². The zero-order valence-electron chi connectivity index (χ0n) is 14.5. The van der Waals surface area contributed by atoms with Crippen molar-refractivity contribution in [2.75, 3.05) is 31.2 Å². The van der Waals surface area contributed by atoms with E-state index < -0.39 is 0 Å². The molecule has 4 nitrogen and oxygen atoms in total. The lowest BCUT2D eigenvalue weighted by Gasteiger charge is -2.27. The van der Waals surface area contributed by atoms with Crippen LogP contribution in [0.2, 0.25) is 0 Å². The standard InChI is InChI=1S/C19H26N2O2S2/c22-18(21-15-4-5-16(21)12-20-9-8-15)13-23-17-6-2-14(3-7-17)19-24-10-1-11-25-19/h2-3,6-7,15-16,19-20H,1,4-5,8-13H2. The Morgan fingerprint density at radius 1 is 1.12 bits per heavy atom. The van der Waals surface area contributed by atoms with Crippen molar-refractivity contribution >= 4 is 29.4 Å². The smallest absolute Gasteiger partial charge is 0.261 e. The Kier molecular flexibility index (Phi) is 5.78. The number of hydrogen-bond donors (Lipinski definition) is 1. The quantitative estimate of drug-likeness (QED) is 0.871. The Labute approximate surface area is 158 Å². The molecule has 6 heteroatoms. The molecule has 1 aromatic rings. The van der Waals surface area contributed by atoms with E-state index in [9.17, 15) is 4.79 Å². The number of hydrogen-bond acceptors (Lipinski definition) is 5. The largest absolute Gasteiger partial charge is 0.484 e. The van der Waals surface area contributed by atoms with Crippen LogP contribution in [0.3, 0.4) is 0 Å². The van der Waals surface area contributed by atoms with Gasteiger partial charge in [-0.05, 0) is 61.4 Å². The van der Waals surface area contributed by atoms with E-state index in [-0.39, 0.29) is 12.5 Å². The van der Waals surface area contributed by atoms with Crippen LogP contribution >= 0.6 is 23.5 Å². The summed E-state index contributed by atoms with van der Waals surface area (Å²) in [6.07, 6.45) is 4.63. The Hall–Kier alpha value is -0.850. The van der Waals surface area contributed by atoms with E-state index in [1.54, 1.807) is 0 Å². The SMILES string of the molecule is O=C(COc1ccc(C2SCCCS2)cc1)N1C2CCNCC1CC2. The lowest BCUT2D eigenvalue weighted by molar-refractivity contribution is -0.136. The molecule has 0 aliphatic carbocycles. The molecule has 0 saturated carbocycles. The van der Waals surface area contributed by atoms with E-state index in [1.165, 1.54) is 23.5 Å². The van der Waals surface area contributed by atoms with E-state index >= 15 is 0 Å². The second kappa shape index (κ2) is 8.23. The molecule has 1 aromatic carbocycles. The fourth-order valence-corrected chi connectivity index (χ4v) is 6.90. The normalized spacial score (nSPS) is 27.1. The minimum Gasteiger partial charge on any atom is -0.484 e. The molecular weight excluding hydrogens is 352 g/mol. The molecule has 136 valence electrons. The molecule has 1 amide bonds. The topological polar surface area (TPSA) is 41.6 Å². The Morgan fingerprint density at radius 2 is 1.88 bits per heavy atom. The minimum absolute atomic E-state index is 0.138. The van der Waals surface area contributed by atoms with Gasteiger partial charge in [0, 0.05) is 18.6 Å². The number of nitrogens with one attached hydrogen (secondary N) is 1. The highest BCUT2D eigenvalue weighted by Crippen LogP contribution is 2.43. The van der Waals surface area contributed by atoms with Crippen molar-refractivity contribution in [1.29, 1.82) is 0 Å². The molecule has 3 saturated heterocycles. The van der Waals surface area contributed by atoms with Gasteiger partial charge in [-0.25, -0.2) is 0 Å². The summed E-state index contributed by atoms with van der Waals surface area (Å²) in [5.74, 6) is 3.43. The van der Waals surface area contributed by atoms with Crippen LogP contribution < -0.4 is 10.1 Å². The average molecular weight is 379 g/mol. The van der Waals surface area contributed by atoms with Gasteiger partial charge in [-0.1, -0.05) is 12.1 Å². The Bertz CT molecular complexity index is 576. The maximum absolute atomic E-state index is 12.7. The molecule has 0 aromatic heterocycles. The highest BCUT2D eigenvalue weighted by Gasteiger charge is 2.37. The minimum atomic E-state index is 0.138. The summed E-state index contributed by atoms with van der Waals surface area (Å²) in [5, 5.41) is 3.44. The van der Waals surface area contributed by atoms with E-state index in [0.29, 0.717) is 16.7 Å². The van der Waals surface area contributed by atoms with Crippen LogP contribution in [0.1, 0.15) is 35.8 Å². The number of amides is 1. The summed E-state index contributed by atoms with van der Waals surface area (Å²) in [6, 6.07) is 9.07. The number of carbonyl (C=O) groups is 1. The second-order valence-corrected chi connectivity index (χ2v) is 9.69. The molecule has 3 aliphatic rings. The van der Waals surface area contributed by atoms with Crippen molar-refractivity contribution in [3.8, 4) is 5.75 Å². The van der Waals surface area contributed by atoms with Gasteiger partial charge in [-0.15, -0.1) is 23.5 Å². The van der Waals surface area contributed by atoms with E-state index in [2.05, 4.69) is 22.3 Å². The molecule has 3 fully saturated rings.